The van der Waals surface area contributed by atoms with Gasteiger partial charge in [-0.05, 0) is 39.0 Å². The first-order chi connectivity index (χ1) is 9.76. The van der Waals surface area contributed by atoms with E-state index >= 15 is 0 Å². The van der Waals surface area contributed by atoms with Crippen molar-refractivity contribution in [2.75, 3.05) is 36.5 Å². The van der Waals surface area contributed by atoms with Crippen LogP contribution in [0.15, 0.2) is 0 Å². The van der Waals surface area contributed by atoms with Gasteiger partial charge in [-0.25, -0.2) is 0 Å². The molecule has 0 amide bonds. The standard InChI is InChI=1S/C14H25N5O/c1-4-9-19(10-11-7-8-11)13-16-12(15-5-2)17-14(18-13)20-6-3/h11H,4-10H2,1-3H3,(H,15,16,17,18). The Labute approximate surface area is 121 Å². The Morgan fingerprint density at radius 3 is 2.60 bits per heavy atom. The molecule has 112 valence electrons. The fourth-order valence-corrected chi connectivity index (χ4v) is 2.07. The van der Waals surface area contributed by atoms with Crippen molar-refractivity contribution in [1.29, 1.82) is 0 Å². The molecule has 1 heterocycles. The molecule has 1 saturated carbocycles. The summed E-state index contributed by atoms with van der Waals surface area (Å²) in [6.45, 7) is 9.49. The Kier molecular flexibility index (Phi) is 5.38. The molecule has 0 bridgehead atoms. The molecule has 0 spiro atoms. The summed E-state index contributed by atoms with van der Waals surface area (Å²) >= 11 is 0. The maximum atomic E-state index is 5.45. The van der Waals surface area contributed by atoms with Crippen LogP contribution >= 0.6 is 0 Å². The summed E-state index contributed by atoms with van der Waals surface area (Å²) < 4.78 is 5.45. The molecule has 0 atom stereocenters. The third kappa shape index (κ3) is 4.21. The monoisotopic (exact) mass is 279 g/mol. The predicted molar refractivity (Wildman–Crippen MR) is 80.4 cm³/mol. The van der Waals surface area contributed by atoms with E-state index in [1.807, 2.05) is 13.8 Å². The first-order valence-electron chi connectivity index (χ1n) is 7.64. The Balaban J connectivity index is 2.20. The quantitative estimate of drug-likeness (QED) is 0.748. The molecule has 6 nitrogen and oxygen atoms in total. The fourth-order valence-electron chi connectivity index (χ4n) is 2.07. The van der Waals surface area contributed by atoms with Crippen LogP contribution in [0.4, 0.5) is 11.9 Å². The molecule has 0 aromatic carbocycles. The second-order valence-corrected chi connectivity index (χ2v) is 5.09. The highest BCUT2D eigenvalue weighted by molar-refractivity contribution is 5.38. The summed E-state index contributed by atoms with van der Waals surface area (Å²) in [5, 5.41) is 3.14. The van der Waals surface area contributed by atoms with Crippen LogP contribution in [0.1, 0.15) is 40.0 Å². The number of anilines is 2. The van der Waals surface area contributed by atoms with Crippen molar-refractivity contribution in [3.05, 3.63) is 0 Å². The van der Waals surface area contributed by atoms with Crippen LogP contribution in [0.25, 0.3) is 0 Å². The number of rotatable bonds is 9. The van der Waals surface area contributed by atoms with Crippen molar-refractivity contribution in [2.45, 2.75) is 40.0 Å². The number of hydrogen-bond acceptors (Lipinski definition) is 6. The maximum absolute atomic E-state index is 5.45. The van der Waals surface area contributed by atoms with Gasteiger partial charge in [-0.15, -0.1) is 0 Å². The topological polar surface area (TPSA) is 63.2 Å². The van der Waals surface area contributed by atoms with Crippen LogP contribution in [0, 0.1) is 5.92 Å². The van der Waals surface area contributed by atoms with Crippen molar-refractivity contribution >= 4 is 11.9 Å². The molecule has 6 heteroatoms. The normalized spacial score (nSPS) is 14.2. The van der Waals surface area contributed by atoms with Crippen LogP contribution in [0.5, 0.6) is 6.01 Å². The number of aromatic nitrogens is 3. The highest BCUT2D eigenvalue weighted by atomic mass is 16.5. The van der Waals surface area contributed by atoms with Crippen molar-refractivity contribution in [3.63, 3.8) is 0 Å². The summed E-state index contributed by atoms with van der Waals surface area (Å²) in [4.78, 5) is 15.5. The van der Waals surface area contributed by atoms with Crippen molar-refractivity contribution in [3.8, 4) is 6.01 Å². The van der Waals surface area contributed by atoms with Gasteiger partial charge in [-0.3, -0.25) is 0 Å². The van der Waals surface area contributed by atoms with Crippen molar-refractivity contribution < 1.29 is 4.74 Å². The van der Waals surface area contributed by atoms with Gasteiger partial charge in [0.15, 0.2) is 0 Å². The maximum Gasteiger partial charge on any atom is 0.323 e. The van der Waals surface area contributed by atoms with Gasteiger partial charge in [0.2, 0.25) is 11.9 Å². The molecular weight excluding hydrogens is 254 g/mol. The summed E-state index contributed by atoms with van der Waals surface area (Å²) in [5.74, 6) is 2.13. The molecule has 1 aliphatic carbocycles. The number of nitrogens with one attached hydrogen (secondary N) is 1. The Morgan fingerprint density at radius 2 is 2.00 bits per heavy atom. The lowest BCUT2D eigenvalue weighted by molar-refractivity contribution is 0.312. The number of nitrogens with zero attached hydrogens (tertiary/aromatic N) is 4. The van der Waals surface area contributed by atoms with Gasteiger partial charge in [0.05, 0.1) is 6.61 Å². The highest BCUT2D eigenvalue weighted by Crippen LogP contribution is 2.31. The zero-order valence-corrected chi connectivity index (χ0v) is 12.7. The predicted octanol–water partition coefficient (Wildman–Crippen LogP) is 2.33. The molecule has 20 heavy (non-hydrogen) atoms. The minimum absolute atomic E-state index is 0.408. The highest BCUT2D eigenvalue weighted by Gasteiger charge is 2.25. The van der Waals surface area contributed by atoms with E-state index in [0.717, 1.165) is 37.9 Å². The van der Waals surface area contributed by atoms with Crippen LogP contribution < -0.4 is 15.0 Å². The van der Waals surface area contributed by atoms with E-state index < -0.39 is 0 Å². The molecular formula is C14H25N5O. The number of hydrogen-bond donors (Lipinski definition) is 1. The summed E-state index contributed by atoms with van der Waals surface area (Å²) in [5.41, 5.74) is 0. The van der Waals surface area contributed by atoms with E-state index in [-0.39, 0.29) is 0 Å². The van der Waals surface area contributed by atoms with Crippen LogP contribution in [0.2, 0.25) is 0 Å². The average molecular weight is 279 g/mol. The molecule has 0 saturated heterocycles. The second-order valence-electron chi connectivity index (χ2n) is 5.09. The summed E-state index contributed by atoms with van der Waals surface area (Å²) in [7, 11) is 0. The molecule has 1 N–H and O–H groups in total. The zero-order valence-electron chi connectivity index (χ0n) is 12.7. The Hall–Kier alpha value is -1.59. The minimum Gasteiger partial charge on any atom is -0.464 e. The number of ether oxygens (including phenoxy) is 1. The first-order valence-corrected chi connectivity index (χ1v) is 7.64. The largest absolute Gasteiger partial charge is 0.464 e. The lowest BCUT2D eigenvalue weighted by Crippen LogP contribution is -2.29. The van der Waals surface area contributed by atoms with Crippen molar-refractivity contribution in [2.24, 2.45) is 5.92 Å². The molecule has 0 unspecified atom stereocenters. The van der Waals surface area contributed by atoms with E-state index in [9.17, 15) is 0 Å². The van der Waals surface area contributed by atoms with Gasteiger partial charge in [0.1, 0.15) is 0 Å². The molecule has 2 rings (SSSR count). The van der Waals surface area contributed by atoms with Crippen LogP contribution in [-0.2, 0) is 0 Å². The van der Waals surface area contributed by atoms with Gasteiger partial charge >= 0.3 is 6.01 Å². The summed E-state index contributed by atoms with van der Waals surface area (Å²) in [6, 6.07) is 0.408. The smallest absolute Gasteiger partial charge is 0.323 e. The molecule has 0 radical (unpaired) electrons. The van der Waals surface area contributed by atoms with E-state index in [1.165, 1.54) is 12.8 Å². The lowest BCUT2D eigenvalue weighted by Gasteiger charge is -2.22. The van der Waals surface area contributed by atoms with Crippen molar-refractivity contribution in [1.82, 2.24) is 15.0 Å². The van der Waals surface area contributed by atoms with Gasteiger partial charge in [0.25, 0.3) is 0 Å². The van der Waals surface area contributed by atoms with Gasteiger partial charge in [-0.1, -0.05) is 6.92 Å². The Bertz CT molecular complexity index is 398. The van der Waals surface area contributed by atoms with E-state index in [4.69, 9.17) is 4.74 Å². The van der Waals surface area contributed by atoms with Crippen LogP contribution in [0.3, 0.4) is 0 Å². The molecule has 1 aromatic rings. The van der Waals surface area contributed by atoms with E-state index in [0.29, 0.717) is 18.6 Å². The van der Waals surface area contributed by atoms with Gasteiger partial charge in [-0.2, -0.15) is 15.0 Å². The van der Waals surface area contributed by atoms with Gasteiger partial charge in [0, 0.05) is 19.6 Å². The third-order valence-electron chi connectivity index (χ3n) is 3.16. The Morgan fingerprint density at radius 1 is 1.20 bits per heavy atom. The average Bonchev–Trinajstić information content (AvgIpc) is 3.23. The zero-order chi connectivity index (χ0) is 14.4. The second kappa shape index (κ2) is 7.26. The lowest BCUT2D eigenvalue weighted by atomic mass is 10.3. The third-order valence-corrected chi connectivity index (χ3v) is 3.16. The minimum atomic E-state index is 0.408. The summed E-state index contributed by atoms with van der Waals surface area (Å²) in [6.07, 6.45) is 3.73. The SMILES string of the molecule is CCCN(CC1CC1)c1nc(NCC)nc(OCC)n1. The van der Waals surface area contributed by atoms with Gasteiger partial charge < -0.3 is 15.0 Å². The fraction of sp³-hybridized carbons (Fsp3) is 0.786. The van der Waals surface area contributed by atoms with E-state index in [2.05, 4.69) is 32.1 Å². The molecule has 1 aliphatic rings. The van der Waals surface area contributed by atoms with Crippen LogP contribution in [-0.4, -0.2) is 41.2 Å². The molecule has 0 aliphatic heterocycles. The first kappa shape index (κ1) is 14.8. The molecule has 1 fully saturated rings. The molecule has 1 aromatic heterocycles. The van der Waals surface area contributed by atoms with E-state index in [1.54, 1.807) is 0 Å².